The van der Waals surface area contributed by atoms with E-state index in [1.807, 2.05) is 30.3 Å². The van der Waals surface area contributed by atoms with Gasteiger partial charge in [-0.05, 0) is 37.1 Å². The molecule has 0 spiro atoms. The van der Waals surface area contributed by atoms with Gasteiger partial charge in [0.1, 0.15) is 0 Å². The summed E-state index contributed by atoms with van der Waals surface area (Å²) in [5.74, 6) is 0.492. The predicted molar refractivity (Wildman–Crippen MR) is 134 cm³/mol. The van der Waals surface area contributed by atoms with Crippen LogP contribution in [0.5, 0.6) is 0 Å². The molecule has 1 N–H and O–H groups in total. The topological polar surface area (TPSA) is 87.4 Å². The van der Waals surface area contributed by atoms with E-state index in [1.54, 1.807) is 12.4 Å². The zero-order valence-electron chi connectivity index (χ0n) is 19.2. The van der Waals surface area contributed by atoms with E-state index >= 15 is 0 Å². The molecule has 34 heavy (non-hydrogen) atoms. The van der Waals surface area contributed by atoms with Crippen molar-refractivity contribution >= 4 is 29.0 Å². The molecule has 9 heteroatoms. The number of rotatable bonds is 7. The van der Waals surface area contributed by atoms with Crippen LogP contribution in [0.25, 0.3) is 11.5 Å². The number of nitrogens with one attached hydrogen (secondary N) is 1. The largest absolute Gasteiger partial charge is 0.411 e. The highest BCUT2D eigenvalue weighted by Crippen LogP contribution is 2.29. The molecular weight excluding hydrogens is 448 g/mol. The molecule has 1 saturated heterocycles. The van der Waals surface area contributed by atoms with Gasteiger partial charge in [-0.25, -0.2) is 0 Å². The fraction of sp³-hybridized carbons (Fsp3) is 0.440. The van der Waals surface area contributed by atoms with E-state index in [0.29, 0.717) is 11.1 Å². The van der Waals surface area contributed by atoms with Crippen molar-refractivity contribution in [2.75, 3.05) is 42.1 Å². The molecule has 8 nitrogen and oxygen atoms in total. The summed E-state index contributed by atoms with van der Waals surface area (Å²) in [5.41, 5.74) is 2.69. The van der Waals surface area contributed by atoms with E-state index < -0.39 is 0 Å². The van der Waals surface area contributed by atoms with Crippen LogP contribution in [0.4, 0.5) is 11.4 Å². The maximum Gasteiger partial charge on any atom is 0.277 e. The third-order valence-corrected chi connectivity index (χ3v) is 7.38. The molecule has 1 saturated carbocycles. The van der Waals surface area contributed by atoms with E-state index in [4.69, 9.17) is 4.42 Å². The lowest BCUT2D eigenvalue weighted by Crippen LogP contribution is -2.51. The van der Waals surface area contributed by atoms with Gasteiger partial charge in [0.15, 0.2) is 0 Å². The van der Waals surface area contributed by atoms with Gasteiger partial charge in [-0.1, -0.05) is 43.2 Å². The van der Waals surface area contributed by atoms with Crippen LogP contribution < -0.4 is 10.2 Å². The number of benzene rings is 1. The number of pyridine rings is 1. The Morgan fingerprint density at radius 1 is 1.03 bits per heavy atom. The number of anilines is 2. The van der Waals surface area contributed by atoms with Crippen molar-refractivity contribution in [3.05, 3.63) is 48.8 Å². The van der Waals surface area contributed by atoms with Crippen LogP contribution in [0.1, 0.15) is 32.1 Å². The summed E-state index contributed by atoms with van der Waals surface area (Å²) in [4.78, 5) is 21.8. The fourth-order valence-electron chi connectivity index (χ4n) is 4.82. The summed E-state index contributed by atoms with van der Waals surface area (Å²) in [7, 11) is 0. The molecule has 0 radical (unpaired) electrons. The summed E-state index contributed by atoms with van der Waals surface area (Å²) in [6.07, 6.45) is 10.2. The molecule has 178 valence electrons. The predicted octanol–water partition coefficient (Wildman–Crippen LogP) is 4.32. The van der Waals surface area contributed by atoms with E-state index in [9.17, 15) is 4.79 Å². The smallest absolute Gasteiger partial charge is 0.277 e. The number of amides is 1. The first-order chi connectivity index (χ1) is 16.8. The molecule has 2 fully saturated rings. The minimum absolute atomic E-state index is 0.0978. The van der Waals surface area contributed by atoms with Gasteiger partial charge in [0.05, 0.1) is 22.7 Å². The lowest BCUT2D eigenvalue weighted by Gasteiger charge is -2.42. The molecule has 5 rings (SSSR count). The Labute approximate surface area is 204 Å². The minimum atomic E-state index is -0.0978. The Morgan fingerprint density at radius 2 is 1.85 bits per heavy atom. The molecule has 0 atom stereocenters. The number of aromatic nitrogens is 3. The number of nitrogens with zero attached hydrogens (tertiary/aromatic N) is 5. The van der Waals surface area contributed by atoms with Crippen LogP contribution in [0.15, 0.2) is 58.4 Å². The third-order valence-electron chi connectivity index (χ3n) is 6.57. The Hall–Kier alpha value is -2.91. The summed E-state index contributed by atoms with van der Waals surface area (Å²) in [5, 5.41) is 11.5. The minimum Gasteiger partial charge on any atom is -0.411 e. The fourth-order valence-corrected chi connectivity index (χ4v) is 5.38. The zero-order valence-corrected chi connectivity index (χ0v) is 20.0. The van der Waals surface area contributed by atoms with E-state index in [1.165, 1.54) is 43.9 Å². The van der Waals surface area contributed by atoms with E-state index in [2.05, 4.69) is 36.4 Å². The highest BCUT2D eigenvalue weighted by atomic mass is 32.2. The second-order valence-electron chi connectivity index (χ2n) is 8.78. The van der Waals surface area contributed by atoms with Crippen molar-refractivity contribution in [3.63, 3.8) is 0 Å². The molecule has 1 aliphatic heterocycles. The average molecular weight is 479 g/mol. The molecule has 0 unspecified atom stereocenters. The molecule has 1 aliphatic carbocycles. The second-order valence-corrected chi connectivity index (χ2v) is 9.71. The SMILES string of the molecule is O=C(CSc1nnc(-c2cccnc2)o1)Nc1ccccc1N1CCN(C2CCCCC2)CC1. The summed E-state index contributed by atoms with van der Waals surface area (Å²) < 4.78 is 5.66. The molecule has 3 heterocycles. The first-order valence-electron chi connectivity index (χ1n) is 12.0. The molecule has 3 aromatic rings. The van der Waals surface area contributed by atoms with Crippen LogP contribution in [-0.4, -0.2) is 64.0 Å². The summed E-state index contributed by atoms with van der Waals surface area (Å²) in [6.45, 7) is 4.13. The maximum absolute atomic E-state index is 12.7. The number of hydrogen-bond donors (Lipinski definition) is 1. The van der Waals surface area contributed by atoms with Crippen LogP contribution in [-0.2, 0) is 4.79 Å². The summed E-state index contributed by atoms with van der Waals surface area (Å²) >= 11 is 1.23. The molecule has 0 bridgehead atoms. The van der Waals surface area contributed by atoms with Crippen molar-refractivity contribution in [3.8, 4) is 11.5 Å². The zero-order chi connectivity index (χ0) is 23.2. The van der Waals surface area contributed by atoms with Crippen LogP contribution in [0.2, 0.25) is 0 Å². The van der Waals surface area contributed by atoms with Gasteiger partial charge in [0, 0.05) is 44.6 Å². The van der Waals surface area contributed by atoms with Gasteiger partial charge in [-0.2, -0.15) is 0 Å². The van der Waals surface area contributed by atoms with E-state index in [0.717, 1.165) is 49.2 Å². The first kappa shape index (κ1) is 22.9. The van der Waals surface area contributed by atoms with Crippen LogP contribution in [0, 0.1) is 0 Å². The first-order valence-corrected chi connectivity index (χ1v) is 13.0. The Bertz CT molecular complexity index is 1080. The number of thioether (sulfide) groups is 1. The van der Waals surface area contributed by atoms with Gasteiger partial charge in [-0.15, -0.1) is 10.2 Å². The lowest BCUT2D eigenvalue weighted by molar-refractivity contribution is -0.113. The van der Waals surface area contributed by atoms with Gasteiger partial charge in [0.2, 0.25) is 11.8 Å². The monoisotopic (exact) mass is 478 g/mol. The van der Waals surface area contributed by atoms with Crippen molar-refractivity contribution in [1.82, 2.24) is 20.1 Å². The number of para-hydroxylation sites is 2. The highest BCUT2D eigenvalue weighted by Gasteiger charge is 2.26. The highest BCUT2D eigenvalue weighted by molar-refractivity contribution is 7.99. The van der Waals surface area contributed by atoms with Crippen LogP contribution >= 0.6 is 11.8 Å². The van der Waals surface area contributed by atoms with Gasteiger partial charge in [-0.3, -0.25) is 14.7 Å². The number of hydrogen-bond acceptors (Lipinski definition) is 8. The molecule has 1 aromatic carbocycles. The molecular formula is C25H30N6O2S. The van der Waals surface area contributed by atoms with Gasteiger partial charge in [0.25, 0.3) is 5.22 Å². The average Bonchev–Trinajstić information content (AvgIpc) is 3.38. The Kier molecular flexibility index (Phi) is 7.40. The van der Waals surface area contributed by atoms with Gasteiger partial charge < -0.3 is 14.6 Å². The normalized spacial score (nSPS) is 17.6. The number of carbonyl (C=O) groups is 1. The number of carbonyl (C=O) groups excluding carboxylic acids is 1. The summed E-state index contributed by atoms with van der Waals surface area (Å²) in [6, 6.07) is 12.5. The van der Waals surface area contributed by atoms with Crippen molar-refractivity contribution in [2.45, 2.75) is 43.4 Å². The standard InChI is InChI=1S/C25H30N6O2S/c32-23(18-34-25-29-28-24(33-25)19-7-6-12-26-17-19)27-21-10-4-5-11-22(21)31-15-13-30(14-16-31)20-8-2-1-3-9-20/h4-7,10-12,17,20H,1-3,8-9,13-16,18H2,(H,27,32). The molecule has 2 aliphatic rings. The Balaban J connectivity index is 1.15. The molecule has 2 aromatic heterocycles. The molecule has 1 amide bonds. The van der Waals surface area contributed by atoms with Crippen molar-refractivity contribution < 1.29 is 9.21 Å². The van der Waals surface area contributed by atoms with Crippen molar-refractivity contribution in [1.29, 1.82) is 0 Å². The van der Waals surface area contributed by atoms with Crippen molar-refractivity contribution in [2.24, 2.45) is 0 Å². The lowest BCUT2D eigenvalue weighted by atomic mass is 9.94. The Morgan fingerprint density at radius 3 is 2.65 bits per heavy atom. The quantitative estimate of drug-likeness (QED) is 0.503. The van der Waals surface area contributed by atoms with Crippen LogP contribution in [0.3, 0.4) is 0 Å². The maximum atomic E-state index is 12.7. The second kappa shape index (κ2) is 11.0. The van der Waals surface area contributed by atoms with Gasteiger partial charge >= 0.3 is 0 Å². The number of piperazine rings is 1. The van der Waals surface area contributed by atoms with E-state index in [-0.39, 0.29) is 11.7 Å². The third kappa shape index (κ3) is 5.59.